The third-order valence-electron chi connectivity index (χ3n) is 1.32. The van der Waals surface area contributed by atoms with Gasteiger partial charge in [0.1, 0.15) is 6.10 Å². The number of rotatable bonds is 1. The van der Waals surface area contributed by atoms with Crippen LogP contribution in [-0.2, 0) is 14.2 Å². The molecule has 0 bridgehead atoms. The third-order valence-corrected chi connectivity index (χ3v) is 1.32. The fraction of sp³-hybridized carbons (Fsp3) is 0.833. The van der Waals surface area contributed by atoms with Crippen molar-refractivity contribution in [3.63, 3.8) is 0 Å². The van der Waals surface area contributed by atoms with E-state index in [0.717, 1.165) is 6.42 Å². The summed E-state index contributed by atoms with van der Waals surface area (Å²) < 4.78 is 14.0. The van der Waals surface area contributed by atoms with Gasteiger partial charge in [-0.15, -0.1) is 0 Å². The van der Waals surface area contributed by atoms with Gasteiger partial charge in [-0.2, -0.15) is 0 Å². The van der Waals surface area contributed by atoms with Crippen molar-refractivity contribution in [1.29, 1.82) is 0 Å². The van der Waals surface area contributed by atoms with Crippen LogP contribution in [0.5, 0.6) is 0 Å². The van der Waals surface area contributed by atoms with Crippen molar-refractivity contribution in [1.82, 2.24) is 0 Å². The second-order valence-electron chi connectivity index (χ2n) is 2.06. The third kappa shape index (κ3) is 1.88. The van der Waals surface area contributed by atoms with Crippen molar-refractivity contribution in [3.8, 4) is 0 Å². The topological polar surface area (TPSA) is 44.8 Å². The van der Waals surface area contributed by atoms with Crippen LogP contribution in [0.4, 0.5) is 4.79 Å². The predicted octanol–water partition coefficient (Wildman–Crippen LogP) is 0.558. The maximum absolute atomic E-state index is 10.5. The summed E-state index contributed by atoms with van der Waals surface area (Å²) in [4.78, 5) is 10.5. The summed E-state index contributed by atoms with van der Waals surface area (Å²) in [5.74, 6) is 0. The Morgan fingerprint density at radius 1 is 1.70 bits per heavy atom. The fourth-order valence-corrected chi connectivity index (χ4v) is 0.790. The van der Waals surface area contributed by atoms with Gasteiger partial charge in [-0.05, 0) is 0 Å². The van der Waals surface area contributed by atoms with Crippen LogP contribution < -0.4 is 0 Å². The lowest BCUT2D eigenvalue weighted by molar-refractivity contribution is 0.0318. The highest BCUT2D eigenvalue weighted by atomic mass is 16.7. The highest BCUT2D eigenvalue weighted by molar-refractivity contribution is 5.59. The van der Waals surface area contributed by atoms with Crippen LogP contribution in [0.15, 0.2) is 0 Å². The first kappa shape index (κ1) is 7.34. The van der Waals surface area contributed by atoms with E-state index in [2.05, 4.69) is 4.74 Å². The van der Waals surface area contributed by atoms with E-state index < -0.39 is 6.16 Å². The van der Waals surface area contributed by atoms with Crippen LogP contribution in [-0.4, -0.2) is 32.6 Å². The molecule has 0 aromatic heterocycles. The largest absolute Gasteiger partial charge is 0.508 e. The molecule has 1 atom stereocenters. The average Bonchev–Trinajstić information content (AvgIpc) is 2.40. The summed E-state index contributed by atoms with van der Waals surface area (Å²) in [6, 6.07) is 0. The Hall–Kier alpha value is -0.770. The maximum atomic E-state index is 10.5. The first-order chi connectivity index (χ1) is 4.83. The van der Waals surface area contributed by atoms with Gasteiger partial charge in [0.05, 0.1) is 20.3 Å². The van der Waals surface area contributed by atoms with Crippen molar-refractivity contribution in [2.75, 3.05) is 20.3 Å². The van der Waals surface area contributed by atoms with Gasteiger partial charge in [0.2, 0.25) is 0 Å². The molecule has 1 saturated heterocycles. The average molecular weight is 146 g/mol. The second-order valence-corrected chi connectivity index (χ2v) is 2.06. The molecule has 0 aliphatic carbocycles. The number of carbonyl (C=O) groups excluding carboxylic acids is 1. The lowest BCUT2D eigenvalue weighted by Crippen LogP contribution is -2.17. The van der Waals surface area contributed by atoms with Crippen molar-refractivity contribution >= 4 is 6.16 Å². The van der Waals surface area contributed by atoms with Gasteiger partial charge in [-0.3, -0.25) is 0 Å². The Morgan fingerprint density at radius 2 is 2.50 bits per heavy atom. The van der Waals surface area contributed by atoms with E-state index in [1.165, 1.54) is 7.11 Å². The van der Waals surface area contributed by atoms with Crippen LogP contribution in [0.2, 0.25) is 0 Å². The first-order valence-corrected chi connectivity index (χ1v) is 3.15. The van der Waals surface area contributed by atoms with Crippen LogP contribution in [0.3, 0.4) is 0 Å². The zero-order valence-corrected chi connectivity index (χ0v) is 5.83. The van der Waals surface area contributed by atoms with Crippen LogP contribution >= 0.6 is 0 Å². The molecule has 0 spiro atoms. The van der Waals surface area contributed by atoms with Crippen molar-refractivity contribution in [3.05, 3.63) is 0 Å². The quantitative estimate of drug-likeness (QED) is 0.507. The molecular formula is C6H10O4. The molecule has 0 amide bonds. The van der Waals surface area contributed by atoms with Crippen molar-refractivity contribution < 1.29 is 19.0 Å². The summed E-state index contributed by atoms with van der Waals surface area (Å²) in [6.45, 7) is 1.16. The maximum Gasteiger partial charge on any atom is 0.508 e. The van der Waals surface area contributed by atoms with Gasteiger partial charge in [0.25, 0.3) is 0 Å². The Kier molecular flexibility index (Phi) is 2.50. The van der Waals surface area contributed by atoms with E-state index in [-0.39, 0.29) is 6.10 Å². The Labute approximate surface area is 59.1 Å². The number of hydrogen-bond donors (Lipinski definition) is 0. The van der Waals surface area contributed by atoms with Gasteiger partial charge >= 0.3 is 6.16 Å². The number of methoxy groups -OCH3 is 1. The van der Waals surface area contributed by atoms with Gasteiger partial charge in [0.15, 0.2) is 0 Å². The summed E-state index contributed by atoms with van der Waals surface area (Å²) in [7, 11) is 1.29. The van der Waals surface area contributed by atoms with Crippen LogP contribution in [0.1, 0.15) is 6.42 Å². The molecule has 1 rings (SSSR count). The molecule has 0 N–H and O–H groups in total. The highest BCUT2D eigenvalue weighted by Gasteiger charge is 2.19. The molecule has 1 aliphatic heterocycles. The zero-order valence-electron chi connectivity index (χ0n) is 5.83. The second kappa shape index (κ2) is 3.41. The molecule has 1 fully saturated rings. The molecule has 4 heteroatoms. The number of ether oxygens (including phenoxy) is 3. The first-order valence-electron chi connectivity index (χ1n) is 3.15. The normalized spacial score (nSPS) is 24.3. The Morgan fingerprint density at radius 3 is 3.00 bits per heavy atom. The van der Waals surface area contributed by atoms with E-state index >= 15 is 0 Å². The van der Waals surface area contributed by atoms with Crippen molar-refractivity contribution in [2.24, 2.45) is 0 Å². The fourth-order valence-electron chi connectivity index (χ4n) is 0.790. The summed E-state index contributed by atoms with van der Waals surface area (Å²) in [5, 5.41) is 0. The van der Waals surface area contributed by atoms with E-state index in [1.807, 2.05) is 0 Å². The van der Waals surface area contributed by atoms with Gasteiger partial charge < -0.3 is 14.2 Å². The van der Waals surface area contributed by atoms with E-state index in [0.29, 0.717) is 13.2 Å². The van der Waals surface area contributed by atoms with E-state index in [4.69, 9.17) is 9.47 Å². The molecule has 1 heterocycles. The Bertz CT molecular complexity index is 117. The molecular weight excluding hydrogens is 136 g/mol. The number of carbonyl (C=O) groups is 1. The van der Waals surface area contributed by atoms with Crippen LogP contribution in [0.25, 0.3) is 0 Å². The summed E-state index contributed by atoms with van der Waals surface area (Å²) in [5.41, 5.74) is 0. The lowest BCUT2D eigenvalue weighted by Gasteiger charge is -2.06. The Balaban J connectivity index is 2.17. The SMILES string of the molecule is COC(=O)OC1CCOC1. The summed E-state index contributed by atoms with van der Waals surface area (Å²) in [6.07, 6.45) is 0.0395. The molecule has 1 aliphatic rings. The minimum atomic E-state index is -0.629. The minimum absolute atomic E-state index is 0.104. The lowest BCUT2D eigenvalue weighted by atomic mass is 10.3. The standard InChI is InChI=1S/C6H10O4/c1-8-6(7)10-5-2-3-9-4-5/h5H,2-4H2,1H3. The smallest absolute Gasteiger partial charge is 0.438 e. The molecule has 0 aromatic carbocycles. The molecule has 0 saturated carbocycles. The van der Waals surface area contributed by atoms with Crippen molar-refractivity contribution in [2.45, 2.75) is 12.5 Å². The predicted molar refractivity (Wildman–Crippen MR) is 32.7 cm³/mol. The van der Waals surface area contributed by atoms with Gasteiger partial charge in [-0.1, -0.05) is 0 Å². The minimum Gasteiger partial charge on any atom is -0.438 e. The number of hydrogen-bond acceptors (Lipinski definition) is 4. The molecule has 0 aromatic rings. The molecule has 1 unspecified atom stereocenters. The zero-order chi connectivity index (χ0) is 7.40. The molecule has 58 valence electrons. The van der Waals surface area contributed by atoms with Gasteiger partial charge in [-0.25, -0.2) is 4.79 Å². The van der Waals surface area contributed by atoms with Crippen LogP contribution in [0, 0.1) is 0 Å². The molecule has 0 radical (unpaired) electrons. The highest BCUT2D eigenvalue weighted by Crippen LogP contribution is 2.08. The van der Waals surface area contributed by atoms with E-state index in [9.17, 15) is 4.79 Å². The van der Waals surface area contributed by atoms with E-state index in [1.54, 1.807) is 0 Å². The summed E-state index contributed by atoms with van der Waals surface area (Å²) >= 11 is 0. The molecule has 4 nitrogen and oxygen atoms in total. The van der Waals surface area contributed by atoms with Gasteiger partial charge in [0, 0.05) is 6.42 Å². The monoisotopic (exact) mass is 146 g/mol. The molecule has 10 heavy (non-hydrogen) atoms.